The molecule has 9 heteroatoms. The molecule has 0 saturated heterocycles. The van der Waals surface area contributed by atoms with Crippen molar-refractivity contribution in [3.8, 4) is 11.5 Å². The van der Waals surface area contributed by atoms with E-state index in [2.05, 4.69) is 15.8 Å². The molecule has 0 unspecified atom stereocenters. The lowest BCUT2D eigenvalue weighted by molar-refractivity contribution is -0.384. The van der Waals surface area contributed by atoms with Crippen LogP contribution in [0.4, 0.5) is 5.69 Å². The number of nitro groups is 1. The summed E-state index contributed by atoms with van der Waals surface area (Å²) in [5, 5.41) is 10.6. The van der Waals surface area contributed by atoms with E-state index in [1.54, 1.807) is 6.92 Å². The molecule has 2 amide bonds. The fourth-order valence-corrected chi connectivity index (χ4v) is 2.43. The van der Waals surface area contributed by atoms with Crippen LogP contribution in [-0.2, 0) is 11.2 Å². The number of hydrazine groups is 1. The molecule has 0 atom stereocenters. The van der Waals surface area contributed by atoms with Crippen molar-refractivity contribution in [2.75, 3.05) is 0 Å². The first-order valence-corrected chi connectivity index (χ1v) is 8.29. The van der Waals surface area contributed by atoms with E-state index in [4.69, 9.17) is 4.42 Å². The Hall–Kier alpha value is -4.01. The number of aryl methyl sites for hydroxylation is 1. The number of non-ortho nitro benzene ring substituents is 1. The number of amides is 2. The third kappa shape index (κ3) is 4.39. The van der Waals surface area contributed by atoms with Gasteiger partial charge in [-0.1, -0.05) is 18.2 Å². The monoisotopic (exact) mass is 380 g/mol. The van der Waals surface area contributed by atoms with Crippen molar-refractivity contribution in [1.29, 1.82) is 0 Å². The Labute approximate surface area is 159 Å². The Morgan fingerprint density at radius 1 is 1.07 bits per heavy atom. The van der Waals surface area contributed by atoms with Gasteiger partial charge in [-0.05, 0) is 31.2 Å². The van der Waals surface area contributed by atoms with E-state index >= 15 is 0 Å². The van der Waals surface area contributed by atoms with Gasteiger partial charge in [-0.25, -0.2) is 4.98 Å². The molecule has 142 valence electrons. The first-order valence-electron chi connectivity index (χ1n) is 8.29. The number of oxazole rings is 1. The molecule has 0 bridgehead atoms. The predicted octanol–water partition coefficient (Wildman–Crippen LogP) is 2.56. The molecule has 0 fully saturated rings. The van der Waals surface area contributed by atoms with Gasteiger partial charge in [0.05, 0.1) is 17.0 Å². The Morgan fingerprint density at radius 3 is 2.39 bits per heavy atom. The molecule has 0 radical (unpaired) electrons. The Bertz CT molecular complexity index is 1010. The summed E-state index contributed by atoms with van der Waals surface area (Å²) < 4.78 is 5.59. The molecule has 2 N–H and O–H groups in total. The summed E-state index contributed by atoms with van der Waals surface area (Å²) in [6.45, 7) is 1.71. The summed E-state index contributed by atoms with van der Waals surface area (Å²) in [6.07, 6.45) is -0.0806. The zero-order valence-electron chi connectivity index (χ0n) is 14.8. The van der Waals surface area contributed by atoms with E-state index in [0.717, 1.165) is 5.56 Å². The number of hydrogen-bond acceptors (Lipinski definition) is 6. The number of aromatic nitrogens is 1. The zero-order valence-corrected chi connectivity index (χ0v) is 14.8. The maximum Gasteiger partial charge on any atom is 0.269 e. The van der Waals surface area contributed by atoms with Gasteiger partial charge in [0.1, 0.15) is 5.76 Å². The summed E-state index contributed by atoms with van der Waals surface area (Å²) in [5.74, 6) is -0.150. The van der Waals surface area contributed by atoms with Crippen molar-refractivity contribution in [2.45, 2.75) is 13.3 Å². The minimum atomic E-state index is -0.593. The van der Waals surface area contributed by atoms with Gasteiger partial charge in [0.25, 0.3) is 11.6 Å². The van der Waals surface area contributed by atoms with Crippen LogP contribution in [0.3, 0.4) is 0 Å². The molecule has 2 aromatic carbocycles. The predicted molar refractivity (Wildman–Crippen MR) is 99.1 cm³/mol. The van der Waals surface area contributed by atoms with Gasteiger partial charge in [-0.3, -0.25) is 30.6 Å². The number of hydrogen-bond donors (Lipinski definition) is 2. The van der Waals surface area contributed by atoms with E-state index < -0.39 is 16.7 Å². The van der Waals surface area contributed by atoms with Crippen molar-refractivity contribution in [3.63, 3.8) is 0 Å². The third-order valence-corrected chi connectivity index (χ3v) is 3.90. The zero-order chi connectivity index (χ0) is 20.1. The highest BCUT2D eigenvalue weighted by Gasteiger charge is 2.15. The number of benzene rings is 2. The lowest BCUT2D eigenvalue weighted by atomic mass is 10.2. The first kappa shape index (κ1) is 18.8. The number of carbonyl (C=O) groups is 2. The molecule has 0 aliphatic carbocycles. The smallest absolute Gasteiger partial charge is 0.269 e. The summed E-state index contributed by atoms with van der Waals surface area (Å²) in [7, 11) is 0. The number of nitrogens with zero attached hydrogens (tertiary/aromatic N) is 2. The summed E-state index contributed by atoms with van der Waals surface area (Å²) >= 11 is 0. The molecule has 28 heavy (non-hydrogen) atoms. The van der Waals surface area contributed by atoms with Crippen LogP contribution >= 0.6 is 0 Å². The molecule has 3 aromatic rings. The van der Waals surface area contributed by atoms with E-state index in [-0.39, 0.29) is 17.7 Å². The largest absolute Gasteiger partial charge is 0.441 e. The Kier molecular flexibility index (Phi) is 5.45. The van der Waals surface area contributed by atoms with E-state index in [1.807, 2.05) is 30.3 Å². The van der Waals surface area contributed by atoms with Crippen LogP contribution in [0.1, 0.15) is 21.8 Å². The third-order valence-electron chi connectivity index (χ3n) is 3.90. The van der Waals surface area contributed by atoms with Gasteiger partial charge in [-0.2, -0.15) is 0 Å². The number of nitro benzene ring substituents is 1. The first-order chi connectivity index (χ1) is 13.4. The topological polar surface area (TPSA) is 127 Å². The number of carbonyl (C=O) groups excluding carboxylic acids is 2. The highest BCUT2D eigenvalue weighted by Crippen LogP contribution is 2.21. The highest BCUT2D eigenvalue weighted by molar-refractivity contribution is 5.95. The quantitative estimate of drug-likeness (QED) is 0.517. The molecule has 0 aliphatic heterocycles. The Balaban J connectivity index is 1.58. The molecule has 0 spiro atoms. The van der Waals surface area contributed by atoms with Crippen molar-refractivity contribution in [3.05, 3.63) is 81.7 Å². The standard InChI is InChI=1S/C19H16N4O5/c1-12-16(20-19(28-12)14-5-3-2-4-6-14)11-17(24)21-22-18(25)13-7-9-15(10-8-13)23(26)27/h2-10H,11H2,1H3,(H,21,24)(H,22,25). The minimum absolute atomic E-state index is 0.0806. The molecule has 1 aromatic heterocycles. The normalized spacial score (nSPS) is 10.3. The fourth-order valence-electron chi connectivity index (χ4n) is 2.43. The van der Waals surface area contributed by atoms with Crippen molar-refractivity contribution < 1.29 is 18.9 Å². The van der Waals surface area contributed by atoms with E-state index in [1.165, 1.54) is 24.3 Å². The fraction of sp³-hybridized carbons (Fsp3) is 0.105. The van der Waals surface area contributed by atoms with Crippen molar-refractivity contribution in [2.24, 2.45) is 0 Å². The summed E-state index contributed by atoms with van der Waals surface area (Å²) in [5.41, 5.74) is 5.85. The lowest BCUT2D eigenvalue weighted by Crippen LogP contribution is -2.42. The number of rotatable bonds is 5. The average molecular weight is 380 g/mol. The summed E-state index contributed by atoms with van der Waals surface area (Å²) in [4.78, 5) is 38.5. The van der Waals surface area contributed by atoms with Gasteiger partial charge in [0.2, 0.25) is 11.8 Å². The molecule has 1 heterocycles. The second kappa shape index (κ2) is 8.12. The maximum atomic E-state index is 12.1. The van der Waals surface area contributed by atoms with Crippen LogP contribution in [0.5, 0.6) is 0 Å². The molecular formula is C19H16N4O5. The van der Waals surface area contributed by atoms with Gasteiger partial charge in [0.15, 0.2) is 0 Å². The Morgan fingerprint density at radius 2 is 1.75 bits per heavy atom. The molecule has 9 nitrogen and oxygen atoms in total. The van der Waals surface area contributed by atoms with Crippen LogP contribution in [0, 0.1) is 17.0 Å². The van der Waals surface area contributed by atoms with Crippen LogP contribution in [0.2, 0.25) is 0 Å². The van der Waals surface area contributed by atoms with Crippen LogP contribution in [0.15, 0.2) is 59.0 Å². The highest BCUT2D eigenvalue weighted by atomic mass is 16.6. The minimum Gasteiger partial charge on any atom is -0.441 e. The van der Waals surface area contributed by atoms with Gasteiger partial charge in [0, 0.05) is 23.3 Å². The SMILES string of the molecule is Cc1oc(-c2ccccc2)nc1CC(=O)NNC(=O)c1ccc([N+](=O)[O-])cc1. The van der Waals surface area contributed by atoms with Crippen molar-refractivity contribution in [1.82, 2.24) is 15.8 Å². The molecular weight excluding hydrogens is 364 g/mol. The molecule has 0 aliphatic rings. The molecule has 3 rings (SSSR count). The van der Waals surface area contributed by atoms with Crippen LogP contribution in [-0.4, -0.2) is 21.7 Å². The van der Waals surface area contributed by atoms with E-state index in [9.17, 15) is 19.7 Å². The second-order valence-corrected chi connectivity index (χ2v) is 5.87. The second-order valence-electron chi connectivity index (χ2n) is 5.87. The lowest BCUT2D eigenvalue weighted by Gasteiger charge is -2.06. The van der Waals surface area contributed by atoms with Crippen molar-refractivity contribution >= 4 is 17.5 Å². The summed E-state index contributed by atoms with van der Waals surface area (Å²) in [6, 6.07) is 14.3. The number of nitrogens with one attached hydrogen (secondary N) is 2. The maximum absolute atomic E-state index is 12.1. The average Bonchev–Trinajstić information content (AvgIpc) is 3.07. The van der Waals surface area contributed by atoms with E-state index in [0.29, 0.717) is 17.3 Å². The van der Waals surface area contributed by atoms with Gasteiger partial charge >= 0.3 is 0 Å². The van der Waals surface area contributed by atoms with Crippen LogP contribution in [0.25, 0.3) is 11.5 Å². The van der Waals surface area contributed by atoms with Crippen LogP contribution < -0.4 is 10.9 Å². The molecule has 0 saturated carbocycles. The van der Waals surface area contributed by atoms with Gasteiger partial charge < -0.3 is 4.42 Å². The van der Waals surface area contributed by atoms with Gasteiger partial charge in [-0.15, -0.1) is 0 Å².